The van der Waals surface area contributed by atoms with Crippen molar-refractivity contribution in [2.45, 2.75) is 39.2 Å². The summed E-state index contributed by atoms with van der Waals surface area (Å²) >= 11 is 1.80. The Labute approximate surface area is 199 Å². The van der Waals surface area contributed by atoms with E-state index in [0.29, 0.717) is 29.9 Å². The van der Waals surface area contributed by atoms with E-state index in [9.17, 15) is 9.59 Å². The molecule has 2 heterocycles. The van der Waals surface area contributed by atoms with E-state index in [1.54, 1.807) is 11.3 Å². The molecule has 172 valence electrons. The smallest absolute Gasteiger partial charge is 0.253 e. The molecular weight excluding hydrogens is 430 g/mol. The SMILES string of the molecule is C=CC(=O)NCc1ccc(C(=O)N2CCC(c3nc4ccccc4s3)C(CC(C)C)C2)cc1. The van der Waals surface area contributed by atoms with Crippen LogP contribution < -0.4 is 5.32 Å². The maximum Gasteiger partial charge on any atom is 0.253 e. The van der Waals surface area contributed by atoms with Crippen LogP contribution in [0.25, 0.3) is 10.2 Å². The quantitative estimate of drug-likeness (QED) is 0.480. The molecule has 1 aliphatic heterocycles. The molecule has 0 aliphatic carbocycles. The van der Waals surface area contributed by atoms with Crippen molar-refractivity contribution in [3.63, 3.8) is 0 Å². The van der Waals surface area contributed by atoms with Crippen LogP contribution in [0.3, 0.4) is 0 Å². The van der Waals surface area contributed by atoms with Gasteiger partial charge in [0.25, 0.3) is 5.91 Å². The molecule has 1 aromatic heterocycles. The number of hydrogen-bond acceptors (Lipinski definition) is 4. The Morgan fingerprint density at radius 1 is 1.21 bits per heavy atom. The number of fused-ring (bicyclic) bond motifs is 1. The fraction of sp³-hybridized carbons (Fsp3) is 0.370. The zero-order valence-electron chi connectivity index (χ0n) is 19.3. The number of para-hydroxylation sites is 1. The normalized spacial score (nSPS) is 18.5. The van der Waals surface area contributed by atoms with Gasteiger partial charge in [-0.25, -0.2) is 4.98 Å². The van der Waals surface area contributed by atoms with Gasteiger partial charge in [0, 0.05) is 31.1 Å². The summed E-state index contributed by atoms with van der Waals surface area (Å²) in [6, 6.07) is 15.8. The van der Waals surface area contributed by atoms with Crippen molar-refractivity contribution in [1.82, 2.24) is 15.2 Å². The van der Waals surface area contributed by atoms with Crippen LogP contribution in [-0.4, -0.2) is 34.8 Å². The van der Waals surface area contributed by atoms with Crippen LogP contribution in [0.15, 0.2) is 61.2 Å². The lowest BCUT2D eigenvalue weighted by molar-refractivity contribution is -0.116. The van der Waals surface area contributed by atoms with E-state index < -0.39 is 0 Å². The van der Waals surface area contributed by atoms with Crippen LogP contribution in [0.5, 0.6) is 0 Å². The molecule has 3 aromatic rings. The number of hydrogen-bond donors (Lipinski definition) is 1. The number of thiazole rings is 1. The molecule has 0 radical (unpaired) electrons. The summed E-state index contributed by atoms with van der Waals surface area (Å²) in [5.74, 6) is 1.23. The monoisotopic (exact) mass is 461 g/mol. The van der Waals surface area contributed by atoms with Gasteiger partial charge < -0.3 is 10.2 Å². The van der Waals surface area contributed by atoms with Crippen LogP contribution in [0.1, 0.15) is 53.5 Å². The molecule has 0 spiro atoms. The van der Waals surface area contributed by atoms with Crippen molar-refractivity contribution in [1.29, 1.82) is 0 Å². The van der Waals surface area contributed by atoms with E-state index in [1.165, 1.54) is 15.8 Å². The van der Waals surface area contributed by atoms with E-state index >= 15 is 0 Å². The molecule has 1 N–H and O–H groups in total. The van der Waals surface area contributed by atoms with Gasteiger partial charge >= 0.3 is 0 Å². The molecular formula is C27H31N3O2S. The number of amides is 2. The van der Waals surface area contributed by atoms with Gasteiger partial charge in [-0.2, -0.15) is 0 Å². The molecule has 4 rings (SSSR count). The molecule has 1 aliphatic rings. The Balaban J connectivity index is 1.46. The van der Waals surface area contributed by atoms with E-state index in [2.05, 4.69) is 43.9 Å². The Morgan fingerprint density at radius 2 is 1.97 bits per heavy atom. The summed E-state index contributed by atoms with van der Waals surface area (Å²) in [5.41, 5.74) is 2.72. The van der Waals surface area contributed by atoms with Crippen molar-refractivity contribution < 1.29 is 9.59 Å². The van der Waals surface area contributed by atoms with Gasteiger partial charge in [0.1, 0.15) is 0 Å². The molecule has 5 nitrogen and oxygen atoms in total. The summed E-state index contributed by atoms with van der Waals surface area (Å²) in [6.45, 7) is 9.88. The van der Waals surface area contributed by atoms with Crippen molar-refractivity contribution in [2.24, 2.45) is 11.8 Å². The molecule has 0 bridgehead atoms. The van der Waals surface area contributed by atoms with Crippen molar-refractivity contribution in [3.8, 4) is 0 Å². The van der Waals surface area contributed by atoms with Gasteiger partial charge in [0.15, 0.2) is 0 Å². The maximum atomic E-state index is 13.3. The number of carbonyl (C=O) groups is 2. The first-order valence-corrected chi connectivity index (χ1v) is 12.4. The number of benzene rings is 2. The van der Waals surface area contributed by atoms with E-state index in [0.717, 1.165) is 37.0 Å². The topological polar surface area (TPSA) is 62.3 Å². The minimum atomic E-state index is -0.206. The van der Waals surface area contributed by atoms with Gasteiger partial charge in [-0.1, -0.05) is 44.7 Å². The van der Waals surface area contributed by atoms with Crippen molar-refractivity contribution >= 4 is 33.4 Å². The minimum absolute atomic E-state index is 0.0770. The molecule has 2 amide bonds. The number of piperidine rings is 1. The highest BCUT2D eigenvalue weighted by atomic mass is 32.1. The molecule has 2 unspecified atom stereocenters. The maximum absolute atomic E-state index is 13.3. The van der Waals surface area contributed by atoms with E-state index in [1.807, 2.05) is 35.2 Å². The van der Waals surface area contributed by atoms with Gasteiger partial charge in [-0.15, -0.1) is 11.3 Å². The lowest BCUT2D eigenvalue weighted by atomic mass is 9.80. The van der Waals surface area contributed by atoms with Crippen LogP contribution in [0.2, 0.25) is 0 Å². The fourth-order valence-corrected chi connectivity index (χ4v) is 5.84. The van der Waals surface area contributed by atoms with Crippen LogP contribution in [0, 0.1) is 11.8 Å². The first-order valence-electron chi connectivity index (χ1n) is 11.6. The van der Waals surface area contributed by atoms with Crippen molar-refractivity contribution in [3.05, 3.63) is 77.3 Å². The molecule has 1 saturated heterocycles. The summed E-state index contributed by atoms with van der Waals surface area (Å²) in [4.78, 5) is 31.6. The van der Waals surface area contributed by atoms with Crippen molar-refractivity contribution in [2.75, 3.05) is 13.1 Å². The highest BCUT2D eigenvalue weighted by Crippen LogP contribution is 2.40. The van der Waals surface area contributed by atoms with Crippen LogP contribution in [0.4, 0.5) is 0 Å². The second kappa shape index (κ2) is 10.3. The zero-order valence-corrected chi connectivity index (χ0v) is 20.1. The number of aromatic nitrogens is 1. The summed E-state index contributed by atoms with van der Waals surface area (Å²) < 4.78 is 1.23. The number of nitrogens with one attached hydrogen (secondary N) is 1. The van der Waals surface area contributed by atoms with Gasteiger partial charge in [-0.05, 0) is 60.6 Å². The Bertz CT molecular complexity index is 1100. The van der Waals surface area contributed by atoms with E-state index in [-0.39, 0.29) is 11.8 Å². The summed E-state index contributed by atoms with van der Waals surface area (Å²) in [5, 5.41) is 3.97. The molecule has 1 fully saturated rings. The van der Waals surface area contributed by atoms with Gasteiger partial charge in [0.05, 0.1) is 15.2 Å². The number of rotatable bonds is 7. The van der Waals surface area contributed by atoms with E-state index in [4.69, 9.17) is 4.98 Å². The number of nitrogens with zero attached hydrogens (tertiary/aromatic N) is 2. The minimum Gasteiger partial charge on any atom is -0.348 e. The standard InChI is InChI=1S/C27H31N3O2S/c1-4-25(31)28-16-19-9-11-20(12-10-19)27(32)30-14-13-22(21(17-30)15-18(2)3)26-29-23-7-5-6-8-24(23)33-26/h4-12,18,21-22H,1,13-17H2,2-3H3,(H,28,31). The highest BCUT2D eigenvalue weighted by Gasteiger charge is 2.34. The average molecular weight is 462 g/mol. The average Bonchev–Trinajstić information content (AvgIpc) is 3.26. The fourth-order valence-electron chi connectivity index (χ4n) is 4.64. The second-order valence-corrected chi connectivity index (χ2v) is 10.2. The Hall–Kier alpha value is -2.99. The van der Waals surface area contributed by atoms with Gasteiger partial charge in [-0.3, -0.25) is 9.59 Å². The third-order valence-corrected chi connectivity index (χ3v) is 7.44. The predicted octanol–water partition coefficient (Wildman–Crippen LogP) is 5.39. The van der Waals surface area contributed by atoms with Crippen LogP contribution >= 0.6 is 11.3 Å². The molecule has 2 atom stereocenters. The first kappa shape index (κ1) is 23.2. The second-order valence-electron chi connectivity index (χ2n) is 9.17. The number of likely N-dealkylation sites (tertiary alicyclic amines) is 1. The highest BCUT2D eigenvalue weighted by molar-refractivity contribution is 7.18. The summed E-state index contributed by atoms with van der Waals surface area (Å²) in [7, 11) is 0. The largest absolute Gasteiger partial charge is 0.348 e. The lowest BCUT2D eigenvalue weighted by Gasteiger charge is -2.38. The molecule has 2 aromatic carbocycles. The third-order valence-electron chi connectivity index (χ3n) is 6.28. The third kappa shape index (κ3) is 5.50. The Morgan fingerprint density at radius 3 is 2.67 bits per heavy atom. The van der Waals surface area contributed by atoms with Gasteiger partial charge in [0.2, 0.25) is 5.91 Å². The Kier molecular flexibility index (Phi) is 7.23. The first-order chi connectivity index (χ1) is 15.9. The zero-order chi connectivity index (χ0) is 23.4. The summed E-state index contributed by atoms with van der Waals surface area (Å²) in [6.07, 6.45) is 3.27. The lowest BCUT2D eigenvalue weighted by Crippen LogP contribution is -2.43. The van der Waals surface area contributed by atoms with Crippen LogP contribution in [-0.2, 0) is 11.3 Å². The molecule has 33 heavy (non-hydrogen) atoms. The molecule has 0 saturated carbocycles. The molecule has 6 heteroatoms. The number of carbonyl (C=O) groups excluding carboxylic acids is 2. The predicted molar refractivity (Wildman–Crippen MR) is 134 cm³/mol.